The van der Waals surface area contributed by atoms with Crippen LogP contribution in [0.5, 0.6) is 0 Å². The van der Waals surface area contributed by atoms with Gasteiger partial charge in [0, 0.05) is 6.54 Å². The summed E-state index contributed by atoms with van der Waals surface area (Å²) in [4.78, 5) is 0. The van der Waals surface area contributed by atoms with Crippen LogP contribution < -0.4 is 16.4 Å². The van der Waals surface area contributed by atoms with Gasteiger partial charge >= 0.3 is 0 Å². The van der Waals surface area contributed by atoms with E-state index >= 15 is 0 Å². The Morgan fingerprint density at radius 2 is 0.926 bits per heavy atom. The minimum absolute atomic E-state index is 0.312. The summed E-state index contributed by atoms with van der Waals surface area (Å²) in [6.07, 6.45) is -0.783. The van der Waals surface area contributed by atoms with Gasteiger partial charge in [-0.1, -0.05) is 176 Å². The van der Waals surface area contributed by atoms with Crippen molar-refractivity contribution in [1.29, 1.82) is 0 Å². The maximum atomic E-state index is 7.31. The largest absolute Gasteiger partial charge is 0.312 e. The van der Waals surface area contributed by atoms with E-state index in [2.05, 4.69) is 199 Å². The lowest BCUT2D eigenvalue weighted by Gasteiger charge is -2.29. The van der Waals surface area contributed by atoms with Crippen LogP contribution in [0.1, 0.15) is 29.0 Å². The molecule has 0 spiro atoms. The zero-order chi connectivity index (χ0) is 36.0. The fourth-order valence-electron chi connectivity index (χ4n) is 8.64. The zero-order valence-electron chi connectivity index (χ0n) is 29.8. The van der Waals surface area contributed by atoms with Crippen LogP contribution in [0.4, 0.5) is 0 Å². The smallest absolute Gasteiger partial charge is 0.0864 e. The number of hydrogen-bond donors (Lipinski definition) is 3. The standard InChI is InChI=1S/C51H39N3/c52-50(45-25-13-12-20-38(45)33-14-2-1-3-15-33)54-51(49-42-24-11-7-19-37(42)31-47-40-22-9-5-17-35(40)27-29-44(47)49)53-32-48-41-23-10-6-18-36(41)30-46-39-21-8-4-16-34(39)26-28-43(46)48/h1-31,50-51,53-54H,32,52H2. The van der Waals surface area contributed by atoms with Gasteiger partial charge in [0.1, 0.15) is 0 Å². The first-order chi connectivity index (χ1) is 26.7. The van der Waals surface area contributed by atoms with E-state index in [1.165, 1.54) is 75.8 Å². The van der Waals surface area contributed by atoms with Crippen molar-refractivity contribution in [3.63, 3.8) is 0 Å². The molecule has 0 saturated heterocycles. The summed E-state index contributed by atoms with van der Waals surface area (Å²) in [5, 5.41) is 22.9. The topological polar surface area (TPSA) is 50.1 Å². The van der Waals surface area contributed by atoms with Crippen molar-refractivity contribution in [2.24, 2.45) is 5.73 Å². The highest BCUT2D eigenvalue weighted by molar-refractivity contribution is 6.15. The maximum absolute atomic E-state index is 7.31. The molecule has 0 heterocycles. The van der Waals surface area contributed by atoms with E-state index in [0.717, 1.165) is 16.7 Å². The van der Waals surface area contributed by atoms with Crippen molar-refractivity contribution >= 4 is 64.6 Å². The van der Waals surface area contributed by atoms with Gasteiger partial charge < -0.3 is 5.73 Å². The average molecular weight is 694 g/mol. The molecule has 54 heavy (non-hydrogen) atoms. The Bertz CT molecular complexity index is 3000. The van der Waals surface area contributed by atoms with Crippen LogP contribution in [-0.2, 0) is 6.54 Å². The highest BCUT2D eigenvalue weighted by Crippen LogP contribution is 2.39. The highest BCUT2D eigenvalue weighted by Gasteiger charge is 2.24. The predicted molar refractivity (Wildman–Crippen MR) is 229 cm³/mol. The lowest BCUT2D eigenvalue weighted by molar-refractivity contribution is 0.391. The van der Waals surface area contributed by atoms with Crippen molar-refractivity contribution in [3.8, 4) is 11.1 Å². The molecule has 2 unspecified atom stereocenters. The van der Waals surface area contributed by atoms with Crippen LogP contribution >= 0.6 is 0 Å². The molecule has 0 aliphatic carbocycles. The van der Waals surface area contributed by atoms with E-state index in [9.17, 15) is 0 Å². The fourth-order valence-corrected chi connectivity index (χ4v) is 8.64. The minimum Gasteiger partial charge on any atom is -0.312 e. The lowest BCUT2D eigenvalue weighted by Crippen LogP contribution is -2.40. The Balaban J connectivity index is 1.17. The average Bonchev–Trinajstić information content (AvgIpc) is 3.24. The number of rotatable bonds is 8. The second-order valence-electron chi connectivity index (χ2n) is 14.3. The van der Waals surface area contributed by atoms with Crippen LogP contribution in [0.2, 0.25) is 0 Å². The Hall–Kier alpha value is -6.36. The molecule has 10 rings (SSSR count). The number of hydrogen-bond acceptors (Lipinski definition) is 3. The van der Waals surface area contributed by atoms with Gasteiger partial charge in [0.15, 0.2) is 0 Å². The molecule has 0 saturated carbocycles. The first kappa shape index (κ1) is 32.3. The molecule has 10 aromatic carbocycles. The van der Waals surface area contributed by atoms with Gasteiger partial charge in [-0.25, -0.2) is 0 Å². The number of fused-ring (bicyclic) bond motifs is 8. The Labute approximate surface area is 314 Å². The van der Waals surface area contributed by atoms with E-state index in [1.54, 1.807) is 0 Å². The predicted octanol–water partition coefficient (Wildman–Crippen LogP) is 12.3. The summed E-state index contributed by atoms with van der Waals surface area (Å²) in [6.45, 7) is 0.624. The molecule has 2 atom stereocenters. The van der Waals surface area contributed by atoms with Crippen molar-refractivity contribution in [2.75, 3.05) is 0 Å². The third-order valence-corrected chi connectivity index (χ3v) is 11.2. The van der Waals surface area contributed by atoms with Gasteiger partial charge in [-0.3, -0.25) is 10.6 Å². The summed E-state index contributed by atoms with van der Waals surface area (Å²) >= 11 is 0. The molecule has 4 N–H and O–H groups in total. The van der Waals surface area contributed by atoms with Crippen LogP contribution in [0.15, 0.2) is 188 Å². The highest BCUT2D eigenvalue weighted by atomic mass is 15.2. The molecule has 3 heteroatoms. The van der Waals surface area contributed by atoms with Gasteiger partial charge in [-0.05, 0) is 105 Å². The van der Waals surface area contributed by atoms with Crippen molar-refractivity contribution < 1.29 is 0 Å². The minimum atomic E-state index is -0.471. The summed E-state index contributed by atoms with van der Waals surface area (Å²) in [7, 11) is 0. The SMILES string of the molecule is NC(NC(NCc1c2ccccc2cc2c1ccc1ccccc12)c1c2ccccc2cc2c1ccc1ccccc12)c1ccccc1-c1ccccc1. The number of benzene rings is 10. The molecular formula is C51H39N3. The molecule has 0 aromatic heterocycles. The summed E-state index contributed by atoms with van der Waals surface area (Å²) in [5.74, 6) is 0. The van der Waals surface area contributed by atoms with Gasteiger partial charge in [-0.2, -0.15) is 0 Å². The van der Waals surface area contributed by atoms with E-state index in [0.29, 0.717) is 6.54 Å². The third-order valence-electron chi connectivity index (χ3n) is 11.2. The Morgan fingerprint density at radius 3 is 1.63 bits per heavy atom. The maximum Gasteiger partial charge on any atom is 0.0864 e. The molecule has 3 nitrogen and oxygen atoms in total. The van der Waals surface area contributed by atoms with E-state index in [4.69, 9.17) is 5.73 Å². The molecule has 258 valence electrons. The summed E-state index contributed by atoms with van der Waals surface area (Å²) in [6, 6.07) is 67.7. The van der Waals surface area contributed by atoms with Crippen LogP contribution in [0.3, 0.4) is 0 Å². The van der Waals surface area contributed by atoms with Crippen LogP contribution in [0, 0.1) is 0 Å². The van der Waals surface area contributed by atoms with Crippen molar-refractivity contribution in [1.82, 2.24) is 10.6 Å². The van der Waals surface area contributed by atoms with Crippen molar-refractivity contribution in [3.05, 3.63) is 205 Å². The lowest BCUT2D eigenvalue weighted by atomic mass is 9.91. The molecule has 0 amide bonds. The molecule has 0 aliphatic rings. The van der Waals surface area contributed by atoms with Crippen molar-refractivity contribution in [2.45, 2.75) is 18.9 Å². The second-order valence-corrected chi connectivity index (χ2v) is 14.3. The molecule has 10 aromatic rings. The molecule has 0 fully saturated rings. The second kappa shape index (κ2) is 13.6. The molecular weight excluding hydrogens is 655 g/mol. The van der Waals surface area contributed by atoms with E-state index < -0.39 is 6.17 Å². The fraction of sp³-hybridized carbons (Fsp3) is 0.0588. The third kappa shape index (κ3) is 5.58. The van der Waals surface area contributed by atoms with Gasteiger partial charge in [0.25, 0.3) is 0 Å². The summed E-state index contributed by atoms with van der Waals surface area (Å²) < 4.78 is 0. The Morgan fingerprint density at radius 1 is 0.407 bits per heavy atom. The quantitative estimate of drug-likeness (QED) is 0.0843. The zero-order valence-corrected chi connectivity index (χ0v) is 29.8. The normalized spacial score (nSPS) is 13.0. The van der Waals surface area contributed by atoms with E-state index in [-0.39, 0.29) is 6.17 Å². The number of nitrogens with one attached hydrogen (secondary N) is 2. The van der Waals surface area contributed by atoms with Gasteiger partial charge in [0.05, 0.1) is 12.3 Å². The summed E-state index contributed by atoms with van der Waals surface area (Å²) in [5.41, 5.74) is 13.1. The molecule has 0 radical (unpaired) electrons. The first-order valence-electron chi connectivity index (χ1n) is 18.8. The first-order valence-corrected chi connectivity index (χ1v) is 18.8. The molecule has 0 bridgehead atoms. The molecule has 0 aliphatic heterocycles. The van der Waals surface area contributed by atoms with Gasteiger partial charge in [-0.15, -0.1) is 0 Å². The van der Waals surface area contributed by atoms with Crippen LogP contribution in [-0.4, -0.2) is 0 Å². The van der Waals surface area contributed by atoms with E-state index in [1.807, 2.05) is 0 Å². The van der Waals surface area contributed by atoms with Gasteiger partial charge in [0.2, 0.25) is 0 Å². The van der Waals surface area contributed by atoms with Crippen LogP contribution in [0.25, 0.3) is 75.8 Å². The number of nitrogens with two attached hydrogens (primary N) is 1. The Kier molecular flexibility index (Phi) is 8.11. The monoisotopic (exact) mass is 693 g/mol.